The molecule has 0 fully saturated rings. The highest BCUT2D eigenvalue weighted by atomic mass is 19.1. The third-order valence-corrected chi connectivity index (χ3v) is 6.31. The molecule has 0 radical (unpaired) electrons. The highest BCUT2D eigenvalue weighted by Crippen LogP contribution is 2.56. The molecule has 0 unspecified atom stereocenters. The summed E-state index contributed by atoms with van der Waals surface area (Å²) in [7, 11) is 0. The number of aromatic nitrogens is 1. The summed E-state index contributed by atoms with van der Waals surface area (Å²) < 4.78 is 19.9. The second-order valence-corrected chi connectivity index (χ2v) is 9.61. The molecule has 1 heterocycles. The number of rotatable bonds is 6. The molecule has 0 bridgehead atoms. The van der Waals surface area contributed by atoms with Gasteiger partial charge in [0.05, 0.1) is 23.6 Å². The second kappa shape index (κ2) is 7.86. The maximum absolute atomic E-state index is 14.3. The number of hydrogen-bond acceptors (Lipinski definition) is 3. The monoisotopic (exact) mass is 411 g/mol. The van der Waals surface area contributed by atoms with Gasteiger partial charge >= 0.3 is 5.97 Å². The first kappa shape index (κ1) is 22.0. The van der Waals surface area contributed by atoms with Crippen molar-refractivity contribution in [2.24, 2.45) is 16.7 Å². The third kappa shape index (κ3) is 4.11. The zero-order valence-corrected chi connectivity index (χ0v) is 18.5. The Hall–Kier alpha value is -2.69. The van der Waals surface area contributed by atoms with E-state index in [0.29, 0.717) is 35.2 Å². The van der Waals surface area contributed by atoms with Crippen LogP contribution < -0.4 is 4.74 Å². The standard InChI is InChI=1S/C25H30FNO3/c1-15(2)14-30-18-12-16(11-17(26)13-18)21-8-7-19(23(28)29)22(27-21)20-9-10-24(3,4)25(20,5)6/h7-9,11-13,15H,10,14H2,1-6H3,(H,28,29). The van der Waals surface area contributed by atoms with E-state index in [9.17, 15) is 14.3 Å². The van der Waals surface area contributed by atoms with Crippen molar-refractivity contribution in [3.63, 3.8) is 0 Å². The van der Waals surface area contributed by atoms with Crippen molar-refractivity contribution in [1.29, 1.82) is 0 Å². The maximum Gasteiger partial charge on any atom is 0.337 e. The van der Waals surface area contributed by atoms with Gasteiger partial charge in [0.25, 0.3) is 0 Å². The summed E-state index contributed by atoms with van der Waals surface area (Å²) in [6, 6.07) is 7.68. The molecule has 0 amide bonds. The summed E-state index contributed by atoms with van der Waals surface area (Å²) in [5, 5.41) is 9.75. The predicted molar refractivity (Wildman–Crippen MR) is 117 cm³/mol. The zero-order chi connectivity index (χ0) is 22.3. The fraction of sp³-hybridized carbons (Fsp3) is 0.440. The lowest BCUT2D eigenvalue weighted by molar-refractivity contribution is 0.0695. The predicted octanol–water partition coefficient (Wildman–Crippen LogP) is 6.46. The molecule has 1 N–H and O–H groups in total. The van der Waals surface area contributed by atoms with Gasteiger partial charge in [-0.15, -0.1) is 0 Å². The lowest BCUT2D eigenvalue weighted by Crippen LogP contribution is -2.29. The van der Waals surface area contributed by atoms with Crippen molar-refractivity contribution in [2.75, 3.05) is 6.61 Å². The second-order valence-electron chi connectivity index (χ2n) is 9.61. The van der Waals surface area contributed by atoms with Gasteiger partial charge in [0.1, 0.15) is 11.6 Å². The average molecular weight is 412 g/mol. The largest absolute Gasteiger partial charge is 0.493 e. The molecule has 0 spiro atoms. The molecular formula is C25H30FNO3. The van der Waals surface area contributed by atoms with Crippen molar-refractivity contribution < 1.29 is 19.0 Å². The number of nitrogens with zero attached hydrogens (tertiary/aromatic N) is 1. The molecule has 3 rings (SSSR count). The molecule has 0 aliphatic heterocycles. The number of allylic oxidation sites excluding steroid dienone is 2. The molecule has 160 valence electrons. The SMILES string of the molecule is CC(C)COc1cc(F)cc(-c2ccc(C(=O)O)c(C3=CCC(C)(C)C3(C)C)n2)c1. The summed E-state index contributed by atoms with van der Waals surface area (Å²) in [5.74, 6) is -0.689. The van der Waals surface area contributed by atoms with Gasteiger partial charge in [0, 0.05) is 11.6 Å². The summed E-state index contributed by atoms with van der Waals surface area (Å²) >= 11 is 0. The van der Waals surface area contributed by atoms with Crippen molar-refractivity contribution in [3.05, 3.63) is 53.5 Å². The van der Waals surface area contributed by atoms with E-state index < -0.39 is 11.8 Å². The molecule has 1 aromatic heterocycles. The molecule has 1 aliphatic carbocycles. The summed E-state index contributed by atoms with van der Waals surface area (Å²) in [5.41, 5.74) is 2.32. The van der Waals surface area contributed by atoms with Crippen molar-refractivity contribution in [3.8, 4) is 17.0 Å². The Morgan fingerprint density at radius 3 is 2.47 bits per heavy atom. The molecule has 2 aromatic rings. The van der Waals surface area contributed by atoms with E-state index in [4.69, 9.17) is 9.72 Å². The van der Waals surface area contributed by atoms with Crippen LogP contribution in [0.25, 0.3) is 16.8 Å². The lowest BCUT2D eigenvalue weighted by atomic mass is 9.66. The Bertz CT molecular complexity index is 1010. The van der Waals surface area contributed by atoms with Crippen LogP contribution in [0.2, 0.25) is 0 Å². The van der Waals surface area contributed by atoms with Crippen LogP contribution in [0, 0.1) is 22.6 Å². The summed E-state index contributed by atoms with van der Waals surface area (Å²) in [6.45, 7) is 13.1. The number of pyridine rings is 1. The number of aromatic carboxylic acids is 1. The number of hydrogen-bond donors (Lipinski definition) is 1. The van der Waals surface area contributed by atoms with E-state index in [1.54, 1.807) is 18.2 Å². The molecule has 1 aromatic carbocycles. The van der Waals surface area contributed by atoms with Crippen LogP contribution >= 0.6 is 0 Å². The minimum Gasteiger partial charge on any atom is -0.493 e. The zero-order valence-electron chi connectivity index (χ0n) is 18.5. The first-order valence-electron chi connectivity index (χ1n) is 10.3. The van der Waals surface area contributed by atoms with Crippen LogP contribution in [0.4, 0.5) is 4.39 Å². The molecule has 0 saturated heterocycles. The Morgan fingerprint density at radius 1 is 1.20 bits per heavy atom. The highest BCUT2D eigenvalue weighted by Gasteiger charge is 2.45. The van der Waals surface area contributed by atoms with Crippen LogP contribution in [-0.2, 0) is 0 Å². The Balaban J connectivity index is 2.09. The summed E-state index contributed by atoms with van der Waals surface area (Å²) in [6.07, 6.45) is 2.93. The Kier molecular flexibility index (Phi) is 5.76. The van der Waals surface area contributed by atoms with Gasteiger partial charge in [-0.1, -0.05) is 47.6 Å². The molecule has 0 atom stereocenters. The van der Waals surface area contributed by atoms with Gasteiger partial charge in [-0.05, 0) is 53.0 Å². The molecule has 1 aliphatic rings. The van der Waals surface area contributed by atoms with Gasteiger partial charge < -0.3 is 9.84 Å². The van der Waals surface area contributed by atoms with E-state index in [0.717, 1.165) is 12.0 Å². The van der Waals surface area contributed by atoms with E-state index >= 15 is 0 Å². The fourth-order valence-corrected chi connectivity index (χ4v) is 3.68. The van der Waals surface area contributed by atoms with Crippen molar-refractivity contribution in [1.82, 2.24) is 4.98 Å². The first-order chi connectivity index (χ1) is 13.9. The van der Waals surface area contributed by atoms with Crippen LogP contribution in [0.15, 0.2) is 36.4 Å². The first-order valence-corrected chi connectivity index (χ1v) is 10.3. The number of carboxylic acid groups (broad SMARTS) is 1. The Morgan fingerprint density at radius 2 is 1.90 bits per heavy atom. The van der Waals surface area contributed by atoms with Crippen LogP contribution in [-0.4, -0.2) is 22.7 Å². The normalized spacial score (nSPS) is 17.1. The number of carboxylic acids is 1. The van der Waals surface area contributed by atoms with Crippen LogP contribution in [0.1, 0.15) is 64.0 Å². The quantitative estimate of drug-likeness (QED) is 0.592. The number of benzene rings is 1. The van der Waals surface area contributed by atoms with Gasteiger partial charge in [-0.2, -0.15) is 0 Å². The van der Waals surface area contributed by atoms with Crippen molar-refractivity contribution >= 4 is 11.5 Å². The number of ether oxygens (including phenoxy) is 1. The van der Waals surface area contributed by atoms with Gasteiger partial charge in [0.2, 0.25) is 0 Å². The van der Waals surface area contributed by atoms with Crippen molar-refractivity contribution in [2.45, 2.75) is 48.0 Å². The minimum absolute atomic E-state index is 0.0213. The highest BCUT2D eigenvalue weighted by molar-refractivity contribution is 5.94. The van der Waals surface area contributed by atoms with Gasteiger partial charge in [-0.25, -0.2) is 14.2 Å². The van der Waals surface area contributed by atoms with Crippen LogP contribution in [0.5, 0.6) is 5.75 Å². The molecule has 30 heavy (non-hydrogen) atoms. The average Bonchev–Trinajstić information content (AvgIpc) is 2.86. The number of carbonyl (C=O) groups is 1. The van der Waals surface area contributed by atoms with Crippen LogP contribution in [0.3, 0.4) is 0 Å². The molecule has 5 heteroatoms. The minimum atomic E-state index is -1.02. The maximum atomic E-state index is 14.3. The lowest BCUT2D eigenvalue weighted by Gasteiger charge is -2.38. The molecule has 4 nitrogen and oxygen atoms in total. The van der Waals surface area contributed by atoms with E-state index in [2.05, 4.69) is 33.8 Å². The molecule has 0 saturated carbocycles. The van der Waals surface area contributed by atoms with E-state index in [-0.39, 0.29) is 16.4 Å². The third-order valence-electron chi connectivity index (χ3n) is 6.31. The smallest absolute Gasteiger partial charge is 0.337 e. The number of halogens is 1. The van der Waals surface area contributed by atoms with Gasteiger partial charge in [0.15, 0.2) is 0 Å². The fourth-order valence-electron chi connectivity index (χ4n) is 3.68. The van der Waals surface area contributed by atoms with E-state index in [1.165, 1.54) is 12.1 Å². The van der Waals surface area contributed by atoms with E-state index in [1.807, 2.05) is 13.8 Å². The summed E-state index contributed by atoms with van der Waals surface area (Å²) in [4.78, 5) is 16.6. The topological polar surface area (TPSA) is 59.4 Å². The molecular weight excluding hydrogens is 381 g/mol. The van der Waals surface area contributed by atoms with Gasteiger partial charge in [-0.3, -0.25) is 0 Å². The Labute approximate surface area is 177 Å².